The number of terminal acetylenes is 1. The van der Waals surface area contributed by atoms with Gasteiger partial charge in [0, 0.05) is 18.9 Å². The van der Waals surface area contributed by atoms with Crippen LogP contribution < -0.4 is 10.9 Å². The van der Waals surface area contributed by atoms with E-state index < -0.39 is 0 Å². The summed E-state index contributed by atoms with van der Waals surface area (Å²) in [6.07, 6.45) is 10.8. The molecule has 0 aromatic carbocycles. The van der Waals surface area contributed by atoms with E-state index in [4.69, 9.17) is 18.0 Å². The zero-order chi connectivity index (χ0) is 14.4. The molecule has 2 aromatic heterocycles. The van der Waals surface area contributed by atoms with Crippen LogP contribution in [0.3, 0.4) is 0 Å². The van der Waals surface area contributed by atoms with Crippen LogP contribution in [-0.4, -0.2) is 21.3 Å². The first-order valence-electron chi connectivity index (χ1n) is 6.04. The summed E-state index contributed by atoms with van der Waals surface area (Å²) >= 11 is 5.98. The highest BCUT2D eigenvalue weighted by atomic mass is 35.5. The van der Waals surface area contributed by atoms with Crippen LogP contribution >= 0.6 is 11.6 Å². The van der Waals surface area contributed by atoms with Gasteiger partial charge in [-0.1, -0.05) is 17.5 Å². The summed E-state index contributed by atoms with van der Waals surface area (Å²) in [5.74, 6) is 2.38. The third-order valence-corrected chi connectivity index (χ3v) is 2.99. The number of halogens is 1. The first-order valence-corrected chi connectivity index (χ1v) is 6.42. The van der Waals surface area contributed by atoms with Crippen molar-refractivity contribution in [3.63, 3.8) is 0 Å². The summed E-state index contributed by atoms with van der Waals surface area (Å²) in [7, 11) is 0. The summed E-state index contributed by atoms with van der Waals surface area (Å²) in [6, 6.07) is 3.85. The topological polar surface area (TPSA) is 59.8 Å². The van der Waals surface area contributed by atoms with Crippen LogP contribution in [-0.2, 0) is 13.0 Å². The number of pyridine rings is 1. The van der Waals surface area contributed by atoms with Gasteiger partial charge in [-0.25, -0.2) is 4.68 Å². The van der Waals surface area contributed by atoms with E-state index in [2.05, 4.69) is 21.3 Å². The molecule has 0 unspecified atom stereocenters. The van der Waals surface area contributed by atoms with Gasteiger partial charge < -0.3 is 5.32 Å². The minimum Gasteiger partial charge on any atom is -0.379 e. The van der Waals surface area contributed by atoms with Crippen molar-refractivity contribution in [3.8, 4) is 12.3 Å². The van der Waals surface area contributed by atoms with Gasteiger partial charge in [0.1, 0.15) is 12.2 Å². The monoisotopic (exact) mass is 288 g/mol. The first kappa shape index (κ1) is 14.1. The second-order valence-corrected chi connectivity index (χ2v) is 4.47. The summed E-state index contributed by atoms with van der Waals surface area (Å²) in [6.45, 7) is 0.702. The fourth-order valence-corrected chi connectivity index (χ4v) is 1.90. The van der Waals surface area contributed by atoms with E-state index in [1.165, 1.54) is 10.9 Å². The van der Waals surface area contributed by atoms with Gasteiger partial charge in [-0.3, -0.25) is 9.78 Å². The fourth-order valence-electron chi connectivity index (χ4n) is 1.71. The van der Waals surface area contributed by atoms with Crippen LogP contribution in [0.2, 0.25) is 5.02 Å². The highest BCUT2D eigenvalue weighted by Crippen LogP contribution is 2.14. The van der Waals surface area contributed by atoms with Gasteiger partial charge in [0.15, 0.2) is 0 Å². The Morgan fingerprint density at radius 2 is 2.15 bits per heavy atom. The van der Waals surface area contributed by atoms with Crippen LogP contribution in [0.25, 0.3) is 0 Å². The van der Waals surface area contributed by atoms with Crippen molar-refractivity contribution in [1.29, 1.82) is 0 Å². The Balaban J connectivity index is 2.08. The van der Waals surface area contributed by atoms with Crippen molar-refractivity contribution >= 4 is 17.3 Å². The maximum absolute atomic E-state index is 12.1. The number of anilines is 1. The second kappa shape index (κ2) is 6.73. The van der Waals surface area contributed by atoms with Crippen LogP contribution in [0, 0.1) is 12.3 Å². The highest BCUT2D eigenvalue weighted by Gasteiger charge is 2.08. The van der Waals surface area contributed by atoms with Crippen molar-refractivity contribution in [2.45, 2.75) is 13.0 Å². The SMILES string of the molecule is C#CCn1ncc(Cl)c(NCCc2ccncc2)c1=O. The van der Waals surface area contributed by atoms with Crippen molar-refractivity contribution in [2.75, 3.05) is 11.9 Å². The quantitative estimate of drug-likeness (QED) is 0.849. The lowest BCUT2D eigenvalue weighted by atomic mass is 10.2. The third kappa shape index (κ3) is 3.37. The molecule has 0 aliphatic rings. The van der Waals surface area contributed by atoms with Gasteiger partial charge in [-0.2, -0.15) is 5.10 Å². The van der Waals surface area contributed by atoms with E-state index in [0.29, 0.717) is 12.2 Å². The third-order valence-electron chi connectivity index (χ3n) is 2.70. The fraction of sp³-hybridized carbons (Fsp3) is 0.214. The smallest absolute Gasteiger partial charge is 0.292 e. The van der Waals surface area contributed by atoms with Gasteiger partial charge in [0.2, 0.25) is 0 Å². The molecule has 2 rings (SSSR count). The van der Waals surface area contributed by atoms with E-state index in [9.17, 15) is 4.79 Å². The molecule has 5 nitrogen and oxygen atoms in total. The van der Waals surface area contributed by atoms with Gasteiger partial charge in [0.05, 0.1) is 11.2 Å². The zero-order valence-electron chi connectivity index (χ0n) is 10.7. The number of rotatable bonds is 5. The molecule has 6 heteroatoms. The standard InChI is InChI=1S/C14H13ClN4O/c1-2-9-19-14(20)13(12(15)10-18-19)17-8-5-11-3-6-16-7-4-11/h1,3-4,6-7,10,17H,5,8-9H2. The predicted octanol–water partition coefficient (Wildman–Crippen LogP) is 1.58. The molecule has 1 N–H and O–H groups in total. The summed E-state index contributed by atoms with van der Waals surface area (Å²) in [5, 5.41) is 7.20. The maximum Gasteiger partial charge on any atom is 0.292 e. The van der Waals surface area contributed by atoms with E-state index in [0.717, 1.165) is 12.0 Å². The van der Waals surface area contributed by atoms with Crippen LogP contribution in [0.1, 0.15) is 5.56 Å². The largest absolute Gasteiger partial charge is 0.379 e. The molecule has 0 aliphatic heterocycles. The number of hydrogen-bond acceptors (Lipinski definition) is 4. The molecule has 0 radical (unpaired) electrons. The van der Waals surface area contributed by atoms with E-state index in [-0.39, 0.29) is 17.1 Å². The molecule has 102 valence electrons. The summed E-state index contributed by atoms with van der Waals surface area (Å²) < 4.78 is 1.20. The zero-order valence-corrected chi connectivity index (χ0v) is 11.5. The van der Waals surface area contributed by atoms with E-state index in [1.807, 2.05) is 12.1 Å². The van der Waals surface area contributed by atoms with E-state index >= 15 is 0 Å². The van der Waals surface area contributed by atoms with Gasteiger partial charge >= 0.3 is 0 Å². The first-order chi connectivity index (χ1) is 9.72. The maximum atomic E-state index is 12.1. The molecular formula is C14H13ClN4O. The Kier molecular flexibility index (Phi) is 4.75. The average Bonchev–Trinajstić information content (AvgIpc) is 2.47. The lowest BCUT2D eigenvalue weighted by Crippen LogP contribution is -2.26. The molecule has 2 heterocycles. The Labute approximate surface area is 121 Å². The molecule has 0 saturated heterocycles. The lowest BCUT2D eigenvalue weighted by Gasteiger charge is -2.09. The van der Waals surface area contributed by atoms with Crippen molar-refractivity contribution in [3.05, 3.63) is 51.7 Å². The average molecular weight is 289 g/mol. The predicted molar refractivity (Wildman–Crippen MR) is 78.8 cm³/mol. The van der Waals surface area contributed by atoms with Crippen molar-refractivity contribution in [1.82, 2.24) is 14.8 Å². The molecule has 0 saturated carbocycles. The minimum absolute atomic E-state index is 0.120. The summed E-state index contributed by atoms with van der Waals surface area (Å²) in [5.41, 5.74) is 1.14. The number of hydrogen-bond donors (Lipinski definition) is 1. The minimum atomic E-state index is -0.315. The number of nitrogens with zero attached hydrogens (tertiary/aromatic N) is 3. The summed E-state index contributed by atoms with van der Waals surface area (Å²) in [4.78, 5) is 16.0. The molecule has 0 spiro atoms. The van der Waals surface area contributed by atoms with Crippen LogP contribution in [0.15, 0.2) is 35.5 Å². The molecule has 0 aliphatic carbocycles. The van der Waals surface area contributed by atoms with Gasteiger partial charge in [-0.05, 0) is 24.1 Å². The molecule has 2 aromatic rings. The molecular weight excluding hydrogens is 276 g/mol. The Morgan fingerprint density at radius 1 is 1.40 bits per heavy atom. The lowest BCUT2D eigenvalue weighted by molar-refractivity contribution is 0.664. The Bertz CT molecular complexity index is 676. The number of aromatic nitrogens is 3. The molecule has 0 fully saturated rings. The van der Waals surface area contributed by atoms with Gasteiger partial charge in [0.25, 0.3) is 5.56 Å². The Morgan fingerprint density at radius 3 is 2.85 bits per heavy atom. The van der Waals surface area contributed by atoms with Gasteiger partial charge in [-0.15, -0.1) is 6.42 Å². The molecule has 0 atom stereocenters. The van der Waals surface area contributed by atoms with E-state index in [1.54, 1.807) is 12.4 Å². The molecule has 0 bridgehead atoms. The normalized spacial score (nSPS) is 10.0. The van der Waals surface area contributed by atoms with Crippen LogP contribution in [0.5, 0.6) is 0 Å². The van der Waals surface area contributed by atoms with Crippen LogP contribution in [0.4, 0.5) is 5.69 Å². The number of nitrogens with one attached hydrogen (secondary N) is 1. The second-order valence-electron chi connectivity index (χ2n) is 4.07. The molecule has 20 heavy (non-hydrogen) atoms. The van der Waals surface area contributed by atoms with Crippen molar-refractivity contribution in [2.24, 2.45) is 0 Å². The Hall–Kier alpha value is -2.32. The van der Waals surface area contributed by atoms with Crippen molar-refractivity contribution < 1.29 is 0 Å². The molecule has 0 amide bonds. The highest BCUT2D eigenvalue weighted by molar-refractivity contribution is 6.32.